The quantitative estimate of drug-likeness (QED) is 0.462. The average Bonchev–Trinajstić information content (AvgIpc) is 2.43. The summed E-state index contributed by atoms with van der Waals surface area (Å²) >= 11 is 6.11. The van der Waals surface area contributed by atoms with E-state index in [9.17, 15) is 0 Å². The minimum Gasteiger partial charge on any atom is -0.379 e. The molecule has 0 spiro atoms. The van der Waals surface area contributed by atoms with E-state index in [-0.39, 0.29) is 0 Å². The molecule has 0 aromatic heterocycles. The molecule has 0 aliphatic carbocycles. The molecule has 1 aromatic carbocycles. The van der Waals surface area contributed by atoms with E-state index in [2.05, 4.69) is 29.5 Å². The van der Waals surface area contributed by atoms with Crippen LogP contribution in [0.5, 0.6) is 0 Å². The van der Waals surface area contributed by atoms with Crippen molar-refractivity contribution in [3.8, 4) is 0 Å². The fraction of sp³-hybridized carbons (Fsp3) is 0.533. The van der Waals surface area contributed by atoms with Crippen molar-refractivity contribution in [2.45, 2.75) is 20.4 Å². The van der Waals surface area contributed by atoms with E-state index in [0.717, 1.165) is 29.7 Å². The van der Waals surface area contributed by atoms with Gasteiger partial charge in [0.05, 0.1) is 6.61 Å². The van der Waals surface area contributed by atoms with Gasteiger partial charge in [0.15, 0.2) is 5.96 Å². The summed E-state index contributed by atoms with van der Waals surface area (Å²) in [4.78, 5) is 4.16. The number of aliphatic imine (C=N–C) groups is 1. The minimum absolute atomic E-state index is 0.563. The van der Waals surface area contributed by atoms with Gasteiger partial charge in [0, 0.05) is 31.8 Å². The van der Waals surface area contributed by atoms with Gasteiger partial charge >= 0.3 is 0 Å². The molecule has 1 aromatic rings. The summed E-state index contributed by atoms with van der Waals surface area (Å²) in [5, 5.41) is 7.19. The molecule has 1 rings (SSSR count). The van der Waals surface area contributed by atoms with Crippen LogP contribution in [0.3, 0.4) is 0 Å². The van der Waals surface area contributed by atoms with Gasteiger partial charge in [-0.3, -0.25) is 4.99 Å². The molecule has 0 aliphatic rings. The van der Waals surface area contributed by atoms with Crippen LogP contribution in [0.4, 0.5) is 0 Å². The lowest BCUT2D eigenvalue weighted by Crippen LogP contribution is -2.38. The molecule has 0 atom stereocenters. The van der Waals surface area contributed by atoms with Crippen LogP contribution in [0.1, 0.15) is 19.4 Å². The van der Waals surface area contributed by atoms with E-state index < -0.39 is 0 Å². The zero-order chi connectivity index (χ0) is 14.8. The van der Waals surface area contributed by atoms with Gasteiger partial charge in [-0.25, -0.2) is 0 Å². The molecule has 0 radical (unpaired) electrons. The van der Waals surface area contributed by atoms with Gasteiger partial charge in [0.25, 0.3) is 0 Å². The Morgan fingerprint density at radius 1 is 1.30 bits per heavy atom. The molecule has 0 saturated carbocycles. The predicted octanol–water partition coefficient (Wildman–Crippen LogP) is 2.68. The van der Waals surface area contributed by atoms with Crippen molar-refractivity contribution >= 4 is 17.6 Å². The van der Waals surface area contributed by atoms with E-state index in [1.807, 2.05) is 24.3 Å². The van der Waals surface area contributed by atoms with Gasteiger partial charge in [0.1, 0.15) is 0 Å². The van der Waals surface area contributed by atoms with Crippen LogP contribution in [-0.4, -0.2) is 32.8 Å². The summed E-state index contributed by atoms with van der Waals surface area (Å²) in [6.07, 6.45) is 0. The molecule has 20 heavy (non-hydrogen) atoms. The Kier molecular flexibility index (Phi) is 8.07. The Labute approximate surface area is 126 Å². The standard InChI is InChI=1S/C15H24ClN3O/c1-12(2)11-20-9-8-18-15(17-3)19-10-13-6-4-5-7-14(13)16/h4-7,12H,8-11H2,1-3H3,(H2,17,18,19). The number of guanidine groups is 1. The van der Waals surface area contributed by atoms with Crippen LogP contribution in [-0.2, 0) is 11.3 Å². The van der Waals surface area contributed by atoms with Crippen LogP contribution in [0, 0.1) is 5.92 Å². The van der Waals surface area contributed by atoms with Crippen molar-refractivity contribution in [3.05, 3.63) is 34.9 Å². The third-order valence-electron chi connectivity index (χ3n) is 2.62. The largest absolute Gasteiger partial charge is 0.379 e. The van der Waals surface area contributed by atoms with Crippen molar-refractivity contribution in [2.75, 3.05) is 26.8 Å². The zero-order valence-electron chi connectivity index (χ0n) is 12.4. The first-order chi connectivity index (χ1) is 9.63. The molecule has 0 amide bonds. The highest BCUT2D eigenvalue weighted by Gasteiger charge is 2.01. The molecule has 0 unspecified atom stereocenters. The van der Waals surface area contributed by atoms with Crippen molar-refractivity contribution in [1.29, 1.82) is 0 Å². The number of nitrogens with one attached hydrogen (secondary N) is 2. The van der Waals surface area contributed by atoms with Crippen molar-refractivity contribution in [2.24, 2.45) is 10.9 Å². The summed E-state index contributed by atoms with van der Waals surface area (Å²) in [6.45, 7) is 7.11. The summed E-state index contributed by atoms with van der Waals surface area (Å²) in [5.74, 6) is 1.31. The Bertz CT molecular complexity index is 421. The first-order valence-electron chi connectivity index (χ1n) is 6.89. The number of halogens is 1. The predicted molar refractivity (Wildman–Crippen MR) is 85.3 cm³/mol. The molecule has 0 aliphatic heterocycles. The second-order valence-electron chi connectivity index (χ2n) is 4.91. The van der Waals surface area contributed by atoms with E-state index in [0.29, 0.717) is 19.1 Å². The molecule has 2 N–H and O–H groups in total. The SMILES string of the molecule is CN=C(NCCOCC(C)C)NCc1ccccc1Cl. The zero-order valence-corrected chi connectivity index (χ0v) is 13.2. The van der Waals surface area contributed by atoms with Crippen LogP contribution < -0.4 is 10.6 Å². The lowest BCUT2D eigenvalue weighted by atomic mass is 10.2. The van der Waals surface area contributed by atoms with Crippen LogP contribution in [0.15, 0.2) is 29.3 Å². The van der Waals surface area contributed by atoms with Gasteiger partial charge in [-0.15, -0.1) is 0 Å². The summed E-state index contributed by atoms with van der Waals surface area (Å²) in [5.41, 5.74) is 1.05. The van der Waals surface area contributed by atoms with Crippen LogP contribution >= 0.6 is 11.6 Å². The lowest BCUT2D eigenvalue weighted by molar-refractivity contribution is 0.114. The number of hydrogen-bond donors (Lipinski definition) is 2. The molecular weight excluding hydrogens is 274 g/mol. The van der Waals surface area contributed by atoms with Crippen molar-refractivity contribution in [1.82, 2.24) is 10.6 Å². The number of hydrogen-bond acceptors (Lipinski definition) is 2. The molecule has 0 saturated heterocycles. The van der Waals surface area contributed by atoms with Crippen molar-refractivity contribution < 1.29 is 4.74 Å². The maximum Gasteiger partial charge on any atom is 0.191 e. The highest BCUT2D eigenvalue weighted by atomic mass is 35.5. The van der Waals surface area contributed by atoms with Crippen LogP contribution in [0.2, 0.25) is 5.02 Å². The van der Waals surface area contributed by atoms with E-state index in [1.165, 1.54) is 0 Å². The fourth-order valence-electron chi connectivity index (χ4n) is 1.60. The smallest absolute Gasteiger partial charge is 0.191 e. The minimum atomic E-state index is 0.563. The highest BCUT2D eigenvalue weighted by molar-refractivity contribution is 6.31. The Hall–Kier alpha value is -1.26. The number of nitrogens with zero attached hydrogens (tertiary/aromatic N) is 1. The third kappa shape index (κ3) is 6.78. The number of benzene rings is 1. The third-order valence-corrected chi connectivity index (χ3v) is 2.99. The summed E-state index contributed by atoms with van der Waals surface area (Å²) < 4.78 is 5.51. The Morgan fingerprint density at radius 2 is 2.05 bits per heavy atom. The topological polar surface area (TPSA) is 45.7 Å². The van der Waals surface area contributed by atoms with E-state index in [4.69, 9.17) is 16.3 Å². The lowest BCUT2D eigenvalue weighted by Gasteiger charge is -2.13. The normalized spacial score (nSPS) is 11.8. The second kappa shape index (κ2) is 9.61. The average molecular weight is 298 g/mol. The molecule has 4 nitrogen and oxygen atoms in total. The Morgan fingerprint density at radius 3 is 2.70 bits per heavy atom. The summed E-state index contributed by atoms with van der Waals surface area (Å²) in [7, 11) is 1.75. The van der Waals surface area contributed by atoms with Gasteiger partial charge in [-0.2, -0.15) is 0 Å². The molecular formula is C15H24ClN3O. The molecule has 0 fully saturated rings. The number of rotatable bonds is 7. The molecule has 112 valence electrons. The first-order valence-corrected chi connectivity index (χ1v) is 7.27. The number of ether oxygens (including phenoxy) is 1. The van der Waals surface area contributed by atoms with Gasteiger partial charge in [-0.1, -0.05) is 43.6 Å². The molecule has 0 heterocycles. The highest BCUT2D eigenvalue weighted by Crippen LogP contribution is 2.13. The second-order valence-corrected chi connectivity index (χ2v) is 5.32. The summed E-state index contributed by atoms with van der Waals surface area (Å²) in [6, 6.07) is 7.77. The van der Waals surface area contributed by atoms with Crippen molar-refractivity contribution in [3.63, 3.8) is 0 Å². The van der Waals surface area contributed by atoms with E-state index >= 15 is 0 Å². The van der Waals surface area contributed by atoms with Gasteiger partial charge in [0.2, 0.25) is 0 Å². The fourth-order valence-corrected chi connectivity index (χ4v) is 1.80. The Balaban J connectivity index is 2.25. The maximum atomic E-state index is 6.11. The molecule has 5 heteroatoms. The van der Waals surface area contributed by atoms with Gasteiger partial charge < -0.3 is 15.4 Å². The monoisotopic (exact) mass is 297 g/mol. The molecule has 0 bridgehead atoms. The van der Waals surface area contributed by atoms with E-state index in [1.54, 1.807) is 7.05 Å². The van der Waals surface area contributed by atoms with Crippen LogP contribution in [0.25, 0.3) is 0 Å². The van der Waals surface area contributed by atoms with Gasteiger partial charge in [-0.05, 0) is 17.5 Å². The first kappa shape index (κ1) is 16.8. The maximum absolute atomic E-state index is 6.11.